The molecule has 1 N–H and O–H groups in total. The summed E-state index contributed by atoms with van der Waals surface area (Å²) >= 11 is 0. The fourth-order valence-corrected chi connectivity index (χ4v) is 2.17. The molecule has 1 atom stereocenters. The number of methoxy groups -OCH3 is 1. The largest absolute Gasteiger partial charge is 0.497 e. The Kier molecular flexibility index (Phi) is 6.76. The Morgan fingerprint density at radius 2 is 1.78 bits per heavy atom. The minimum Gasteiger partial charge on any atom is -0.497 e. The number of hydrogen-bond donors (Lipinski definition) is 1. The molecule has 0 fully saturated rings. The van der Waals surface area contributed by atoms with Crippen molar-refractivity contribution in [2.75, 3.05) is 33.8 Å². The average Bonchev–Trinajstić information content (AvgIpc) is 2.44. The van der Waals surface area contributed by atoms with Gasteiger partial charge in [0.2, 0.25) is 0 Å². The molecule has 0 aliphatic rings. The van der Waals surface area contributed by atoms with E-state index >= 15 is 0 Å². The van der Waals surface area contributed by atoms with Crippen LogP contribution in [0, 0.1) is 0 Å². The molecule has 0 heterocycles. The van der Waals surface area contributed by atoms with Crippen molar-refractivity contribution in [1.82, 2.24) is 10.2 Å². The van der Waals surface area contributed by atoms with Crippen molar-refractivity contribution in [2.24, 2.45) is 0 Å². The third kappa shape index (κ3) is 4.31. The highest BCUT2D eigenvalue weighted by molar-refractivity contribution is 5.29. The van der Waals surface area contributed by atoms with Gasteiger partial charge in [-0.2, -0.15) is 0 Å². The van der Waals surface area contributed by atoms with Gasteiger partial charge in [-0.05, 0) is 50.8 Å². The first-order valence-corrected chi connectivity index (χ1v) is 6.78. The lowest BCUT2D eigenvalue weighted by atomic mass is 10.0. The van der Waals surface area contributed by atoms with E-state index < -0.39 is 0 Å². The molecule has 102 valence electrons. The zero-order chi connectivity index (χ0) is 13.4. The maximum Gasteiger partial charge on any atom is 0.118 e. The van der Waals surface area contributed by atoms with Crippen molar-refractivity contribution < 1.29 is 4.74 Å². The molecule has 3 nitrogen and oxygen atoms in total. The van der Waals surface area contributed by atoms with Gasteiger partial charge in [0, 0.05) is 6.04 Å². The fraction of sp³-hybridized carbons (Fsp3) is 0.600. The van der Waals surface area contributed by atoms with Crippen LogP contribution in [-0.4, -0.2) is 38.7 Å². The Bertz CT molecular complexity index is 320. The molecule has 1 aromatic rings. The first-order valence-electron chi connectivity index (χ1n) is 6.78. The highest BCUT2D eigenvalue weighted by Gasteiger charge is 2.10. The van der Waals surface area contributed by atoms with Crippen LogP contribution in [0.15, 0.2) is 24.3 Å². The second kappa shape index (κ2) is 8.11. The normalized spacial score (nSPS) is 12.7. The standard InChI is InChI=1S/C15H26N2O/c1-5-17(6-2)12-11-15(16-3)13-7-9-14(18-4)10-8-13/h7-10,15-16H,5-6,11-12H2,1-4H3. The third-order valence-corrected chi connectivity index (χ3v) is 3.50. The predicted octanol–water partition coefficient (Wildman–Crippen LogP) is 2.69. The quantitative estimate of drug-likeness (QED) is 0.767. The molecule has 0 aromatic heterocycles. The van der Waals surface area contributed by atoms with E-state index in [1.54, 1.807) is 7.11 Å². The Morgan fingerprint density at radius 1 is 1.17 bits per heavy atom. The van der Waals surface area contributed by atoms with Gasteiger partial charge in [-0.3, -0.25) is 0 Å². The van der Waals surface area contributed by atoms with Crippen molar-refractivity contribution >= 4 is 0 Å². The molecule has 18 heavy (non-hydrogen) atoms. The van der Waals surface area contributed by atoms with Crippen LogP contribution >= 0.6 is 0 Å². The van der Waals surface area contributed by atoms with Crippen LogP contribution in [0.1, 0.15) is 31.9 Å². The molecule has 0 saturated heterocycles. The fourth-order valence-electron chi connectivity index (χ4n) is 2.17. The SMILES string of the molecule is CCN(CC)CCC(NC)c1ccc(OC)cc1. The predicted molar refractivity (Wildman–Crippen MR) is 77.2 cm³/mol. The molecule has 0 saturated carbocycles. The topological polar surface area (TPSA) is 24.5 Å². The van der Waals surface area contributed by atoms with Crippen LogP contribution < -0.4 is 10.1 Å². The van der Waals surface area contributed by atoms with Crippen LogP contribution in [-0.2, 0) is 0 Å². The molecule has 1 rings (SSSR count). The van der Waals surface area contributed by atoms with Gasteiger partial charge in [0.1, 0.15) is 5.75 Å². The summed E-state index contributed by atoms with van der Waals surface area (Å²) in [5.74, 6) is 0.914. The van der Waals surface area contributed by atoms with E-state index in [-0.39, 0.29) is 0 Å². The molecule has 1 unspecified atom stereocenters. The number of benzene rings is 1. The summed E-state index contributed by atoms with van der Waals surface area (Å²) < 4.78 is 5.19. The first-order chi connectivity index (χ1) is 8.74. The van der Waals surface area contributed by atoms with Crippen LogP contribution in [0.5, 0.6) is 5.75 Å². The Hall–Kier alpha value is -1.06. The molecule has 1 aromatic carbocycles. The molecular weight excluding hydrogens is 224 g/mol. The van der Waals surface area contributed by atoms with Gasteiger partial charge in [-0.15, -0.1) is 0 Å². The van der Waals surface area contributed by atoms with Crippen LogP contribution in [0.3, 0.4) is 0 Å². The lowest BCUT2D eigenvalue weighted by Crippen LogP contribution is -2.28. The molecule has 0 aliphatic carbocycles. The smallest absolute Gasteiger partial charge is 0.118 e. The molecule has 3 heteroatoms. The second-order valence-electron chi connectivity index (χ2n) is 4.43. The highest BCUT2D eigenvalue weighted by Crippen LogP contribution is 2.20. The lowest BCUT2D eigenvalue weighted by molar-refractivity contribution is 0.284. The van der Waals surface area contributed by atoms with Crippen molar-refractivity contribution in [3.05, 3.63) is 29.8 Å². The van der Waals surface area contributed by atoms with E-state index in [4.69, 9.17) is 4.74 Å². The zero-order valence-corrected chi connectivity index (χ0v) is 12.1. The summed E-state index contributed by atoms with van der Waals surface area (Å²) in [6, 6.07) is 8.75. The molecule has 0 amide bonds. The molecule has 0 bridgehead atoms. The summed E-state index contributed by atoms with van der Waals surface area (Å²) in [4.78, 5) is 2.45. The van der Waals surface area contributed by atoms with Crippen LogP contribution in [0.4, 0.5) is 0 Å². The van der Waals surface area contributed by atoms with Crippen LogP contribution in [0.2, 0.25) is 0 Å². The Morgan fingerprint density at radius 3 is 2.22 bits per heavy atom. The van der Waals surface area contributed by atoms with E-state index in [9.17, 15) is 0 Å². The van der Waals surface area contributed by atoms with Gasteiger partial charge in [0.05, 0.1) is 7.11 Å². The van der Waals surface area contributed by atoms with Crippen molar-refractivity contribution in [2.45, 2.75) is 26.3 Å². The summed E-state index contributed by atoms with van der Waals surface area (Å²) in [7, 11) is 3.72. The van der Waals surface area contributed by atoms with Crippen molar-refractivity contribution in [1.29, 1.82) is 0 Å². The van der Waals surface area contributed by atoms with Gasteiger partial charge in [0.15, 0.2) is 0 Å². The lowest BCUT2D eigenvalue weighted by Gasteiger charge is -2.23. The summed E-state index contributed by atoms with van der Waals surface area (Å²) in [6.07, 6.45) is 1.13. The minimum absolute atomic E-state index is 0.413. The number of nitrogens with zero attached hydrogens (tertiary/aromatic N) is 1. The van der Waals surface area contributed by atoms with Gasteiger partial charge < -0.3 is 15.0 Å². The Labute approximate surface area is 111 Å². The van der Waals surface area contributed by atoms with E-state index in [1.807, 2.05) is 19.2 Å². The number of hydrogen-bond acceptors (Lipinski definition) is 3. The zero-order valence-electron chi connectivity index (χ0n) is 12.1. The second-order valence-corrected chi connectivity index (χ2v) is 4.43. The number of rotatable bonds is 8. The summed E-state index contributed by atoms with van der Waals surface area (Å²) in [5, 5.41) is 3.39. The van der Waals surface area contributed by atoms with E-state index in [0.29, 0.717) is 6.04 Å². The number of ether oxygens (including phenoxy) is 1. The van der Waals surface area contributed by atoms with E-state index in [0.717, 1.165) is 31.8 Å². The van der Waals surface area contributed by atoms with Gasteiger partial charge >= 0.3 is 0 Å². The molecule has 0 radical (unpaired) electrons. The van der Waals surface area contributed by atoms with E-state index in [1.165, 1.54) is 5.56 Å². The first kappa shape index (κ1) is 15.0. The highest BCUT2D eigenvalue weighted by atomic mass is 16.5. The summed E-state index contributed by atoms with van der Waals surface area (Å²) in [6.45, 7) is 7.80. The molecule has 0 aliphatic heterocycles. The van der Waals surface area contributed by atoms with Gasteiger partial charge in [-0.1, -0.05) is 26.0 Å². The molecular formula is C15H26N2O. The van der Waals surface area contributed by atoms with Gasteiger partial charge in [0.25, 0.3) is 0 Å². The summed E-state index contributed by atoms with van der Waals surface area (Å²) in [5.41, 5.74) is 1.32. The van der Waals surface area contributed by atoms with Crippen LogP contribution in [0.25, 0.3) is 0 Å². The van der Waals surface area contributed by atoms with E-state index in [2.05, 4.69) is 36.2 Å². The van der Waals surface area contributed by atoms with Crippen molar-refractivity contribution in [3.8, 4) is 5.75 Å². The minimum atomic E-state index is 0.413. The maximum absolute atomic E-state index is 5.19. The average molecular weight is 250 g/mol. The van der Waals surface area contributed by atoms with Crippen molar-refractivity contribution in [3.63, 3.8) is 0 Å². The Balaban J connectivity index is 2.58. The monoisotopic (exact) mass is 250 g/mol. The van der Waals surface area contributed by atoms with Gasteiger partial charge in [-0.25, -0.2) is 0 Å². The molecule has 0 spiro atoms. The third-order valence-electron chi connectivity index (χ3n) is 3.50. The number of nitrogens with one attached hydrogen (secondary N) is 1. The maximum atomic E-state index is 5.19.